The van der Waals surface area contributed by atoms with E-state index in [0.29, 0.717) is 33.0 Å². The first kappa shape index (κ1) is 21.2. The van der Waals surface area contributed by atoms with Gasteiger partial charge in [0.15, 0.2) is 5.58 Å². The molecule has 0 amide bonds. The quantitative estimate of drug-likeness (QED) is 0.459. The first-order chi connectivity index (χ1) is 13.9. The normalized spacial score (nSPS) is 17.8. The zero-order valence-corrected chi connectivity index (χ0v) is 18.3. The van der Waals surface area contributed by atoms with Crippen LogP contribution in [0.15, 0.2) is 59.0 Å². The summed E-state index contributed by atoms with van der Waals surface area (Å²) in [5.41, 5.74) is 3.69. The lowest BCUT2D eigenvalue weighted by Gasteiger charge is -2.36. The number of para-hydroxylation sites is 1. The Balaban J connectivity index is 0.00000117. The van der Waals surface area contributed by atoms with Crippen LogP contribution in [0.4, 0.5) is 0 Å². The molecule has 1 aliphatic rings. The molecule has 1 heterocycles. The van der Waals surface area contributed by atoms with Crippen LogP contribution in [0.25, 0.3) is 22.3 Å². The Hall–Kier alpha value is -2.52. The number of halogens is 1. The van der Waals surface area contributed by atoms with Crippen LogP contribution >= 0.6 is 11.6 Å². The molecule has 152 valence electrons. The average Bonchev–Trinajstić information content (AvgIpc) is 2.67. The van der Waals surface area contributed by atoms with Gasteiger partial charge in [-0.2, -0.15) is 0 Å². The third-order valence-electron chi connectivity index (χ3n) is 5.38. The maximum atomic E-state index is 8.33. The van der Waals surface area contributed by atoms with E-state index in [2.05, 4.69) is 13.5 Å². The molecule has 0 spiro atoms. The van der Waals surface area contributed by atoms with Gasteiger partial charge in [0, 0.05) is 22.6 Å². The summed E-state index contributed by atoms with van der Waals surface area (Å²) >= 11 is 6.29. The first-order valence-electron chi connectivity index (χ1n) is 10.1. The van der Waals surface area contributed by atoms with Crippen molar-refractivity contribution in [3.63, 3.8) is 0 Å². The topological polar surface area (TPSA) is 46.2 Å². The second-order valence-corrected chi connectivity index (χ2v) is 7.73. The van der Waals surface area contributed by atoms with Gasteiger partial charge in [-0.15, -0.1) is 0 Å². The second-order valence-electron chi connectivity index (χ2n) is 7.32. The van der Waals surface area contributed by atoms with Crippen LogP contribution in [0.1, 0.15) is 39.2 Å². The molecule has 4 heteroatoms. The molecule has 0 radical (unpaired) electrons. The van der Waals surface area contributed by atoms with Crippen LogP contribution in [-0.4, -0.2) is 6.10 Å². The highest BCUT2D eigenvalue weighted by atomic mass is 35.5. The second kappa shape index (κ2) is 8.87. The van der Waals surface area contributed by atoms with Crippen molar-refractivity contribution in [2.24, 2.45) is 5.92 Å². The maximum absolute atomic E-state index is 8.33. The zero-order valence-electron chi connectivity index (χ0n) is 17.5. The minimum atomic E-state index is 0.232. The van der Waals surface area contributed by atoms with Crippen LogP contribution < -0.4 is 10.1 Å². The Morgan fingerprint density at radius 3 is 2.55 bits per heavy atom. The van der Waals surface area contributed by atoms with Gasteiger partial charge in [0.05, 0.1) is 16.5 Å². The van der Waals surface area contributed by atoms with E-state index in [-0.39, 0.29) is 6.10 Å². The number of benzene rings is 2. The van der Waals surface area contributed by atoms with Gasteiger partial charge in [-0.3, -0.25) is 5.41 Å². The molecule has 0 aliphatic heterocycles. The van der Waals surface area contributed by atoms with Crippen molar-refractivity contribution < 1.29 is 9.15 Å². The zero-order chi connectivity index (χ0) is 21.1. The summed E-state index contributed by atoms with van der Waals surface area (Å²) in [6.07, 6.45) is 2.27. The Morgan fingerprint density at radius 2 is 1.86 bits per heavy atom. The number of fused-ring (bicyclic) bond motifs is 1. The summed E-state index contributed by atoms with van der Waals surface area (Å²) in [5, 5.41) is 9.94. The van der Waals surface area contributed by atoms with Crippen molar-refractivity contribution in [3.8, 4) is 17.1 Å². The summed E-state index contributed by atoms with van der Waals surface area (Å²) in [6, 6.07) is 13.1. The molecule has 1 aliphatic carbocycles. The fraction of sp³-hybridized carbons (Fsp3) is 0.320. The molecule has 3 nitrogen and oxygen atoms in total. The Bertz CT molecular complexity index is 1090. The van der Waals surface area contributed by atoms with Gasteiger partial charge in [0.1, 0.15) is 11.5 Å². The maximum Gasteiger partial charge on any atom is 0.155 e. The molecule has 0 unspecified atom stereocenters. The van der Waals surface area contributed by atoms with Gasteiger partial charge in [-0.25, -0.2) is 0 Å². The van der Waals surface area contributed by atoms with Crippen molar-refractivity contribution in [2.45, 2.75) is 46.6 Å². The predicted octanol–water partition coefficient (Wildman–Crippen LogP) is 7.30. The van der Waals surface area contributed by atoms with E-state index >= 15 is 0 Å². The molecule has 4 rings (SSSR count). The minimum absolute atomic E-state index is 0.232. The number of ether oxygens (including phenoxy) is 1. The Morgan fingerprint density at radius 1 is 1.17 bits per heavy atom. The predicted molar refractivity (Wildman–Crippen MR) is 121 cm³/mol. The summed E-state index contributed by atoms with van der Waals surface area (Å²) < 4.78 is 12.3. The molecule has 1 aromatic heterocycles. The molecular weight excluding hydrogens is 382 g/mol. The lowest BCUT2D eigenvalue weighted by atomic mass is 9.78. The van der Waals surface area contributed by atoms with Crippen LogP contribution in [0.2, 0.25) is 5.02 Å². The summed E-state index contributed by atoms with van der Waals surface area (Å²) in [4.78, 5) is 0. The summed E-state index contributed by atoms with van der Waals surface area (Å²) in [6.45, 7) is 12.1. The molecule has 3 aromatic rings. The van der Waals surface area contributed by atoms with E-state index in [1.165, 1.54) is 5.57 Å². The largest absolute Gasteiger partial charge is 0.490 e. The van der Waals surface area contributed by atoms with Gasteiger partial charge in [0.25, 0.3) is 0 Å². The fourth-order valence-corrected chi connectivity index (χ4v) is 3.77. The number of rotatable bonds is 4. The molecule has 1 fully saturated rings. The van der Waals surface area contributed by atoms with Crippen molar-refractivity contribution >= 4 is 22.6 Å². The van der Waals surface area contributed by atoms with Crippen LogP contribution in [0.3, 0.4) is 0 Å². The van der Waals surface area contributed by atoms with Crippen LogP contribution in [0.5, 0.6) is 5.75 Å². The minimum Gasteiger partial charge on any atom is -0.490 e. The number of hydrogen-bond acceptors (Lipinski definition) is 3. The van der Waals surface area contributed by atoms with E-state index in [1.807, 2.05) is 51.1 Å². The van der Waals surface area contributed by atoms with Crippen molar-refractivity contribution in [1.82, 2.24) is 0 Å². The molecule has 1 saturated carbocycles. The third-order valence-corrected chi connectivity index (χ3v) is 5.68. The first-order valence-corrected chi connectivity index (χ1v) is 10.5. The van der Waals surface area contributed by atoms with E-state index in [0.717, 1.165) is 29.7 Å². The molecule has 0 saturated heterocycles. The van der Waals surface area contributed by atoms with Gasteiger partial charge in [0.2, 0.25) is 0 Å². The van der Waals surface area contributed by atoms with E-state index < -0.39 is 0 Å². The van der Waals surface area contributed by atoms with Crippen LogP contribution in [0, 0.1) is 18.3 Å². The van der Waals surface area contributed by atoms with Gasteiger partial charge in [-0.1, -0.05) is 55.8 Å². The van der Waals surface area contributed by atoms with Gasteiger partial charge < -0.3 is 9.15 Å². The SMILES string of the molecule is C=C(C)C1CC(Oc2cccc(-c3cc(=N)c4cccc(Cl)c4o3)c2C)C1.CC. The van der Waals surface area contributed by atoms with E-state index in [9.17, 15) is 0 Å². The molecule has 1 N–H and O–H groups in total. The highest BCUT2D eigenvalue weighted by molar-refractivity contribution is 6.34. The van der Waals surface area contributed by atoms with Gasteiger partial charge in [-0.05, 0) is 50.8 Å². The lowest BCUT2D eigenvalue weighted by Crippen LogP contribution is -2.34. The highest BCUT2D eigenvalue weighted by Gasteiger charge is 2.31. The molecule has 2 aromatic carbocycles. The monoisotopic (exact) mass is 409 g/mol. The summed E-state index contributed by atoms with van der Waals surface area (Å²) in [7, 11) is 0. The Labute approximate surface area is 177 Å². The van der Waals surface area contributed by atoms with Gasteiger partial charge >= 0.3 is 0 Å². The number of hydrogen-bond donors (Lipinski definition) is 1. The number of allylic oxidation sites excluding steroid dienone is 1. The van der Waals surface area contributed by atoms with E-state index in [1.54, 1.807) is 12.1 Å². The summed E-state index contributed by atoms with van der Waals surface area (Å²) in [5.74, 6) is 2.05. The highest BCUT2D eigenvalue weighted by Crippen LogP contribution is 2.38. The van der Waals surface area contributed by atoms with Crippen molar-refractivity contribution in [1.29, 1.82) is 5.41 Å². The van der Waals surface area contributed by atoms with Crippen molar-refractivity contribution in [2.75, 3.05) is 0 Å². The standard InChI is InChI=1S/C23H22ClNO2.C2H6/c1-13(2)15-10-16(11-15)26-21-9-5-6-17(14(21)3)22-12-20(25)18-7-4-8-19(24)23(18)27-22;1-2/h4-9,12,15-16,25H,1,10-11H2,2-3H3;1-2H3. The molecule has 0 bridgehead atoms. The number of nitrogens with one attached hydrogen (secondary N) is 1. The molecular formula is C25H28ClNO2. The smallest absolute Gasteiger partial charge is 0.155 e. The third kappa shape index (κ3) is 4.25. The average molecular weight is 410 g/mol. The lowest BCUT2D eigenvalue weighted by molar-refractivity contribution is 0.0809. The molecule has 0 atom stereocenters. The van der Waals surface area contributed by atoms with E-state index in [4.69, 9.17) is 26.2 Å². The Kier molecular flexibility index (Phi) is 6.49. The van der Waals surface area contributed by atoms with Crippen molar-refractivity contribution in [3.05, 3.63) is 70.6 Å². The van der Waals surface area contributed by atoms with Crippen LogP contribution in [-0.2, 0) is 0 Å². The fourth-order valence-electron chi connectivity index (χ4n) is 3.56. The molecule has 29 heavy (non-hydrogen) atoms.